The highest BCUT2D eigenvalue weighted by molar-refractivity contribution is 5.88. The van der Waals surface area contributed by atoms with E-state index in [4.69, 9.17) is 0 Å². The van der Waals surface area contributed by atoms with Crippen LogP contribution in [0, 0.1) is 12.7 Å². The van der Waals surface area contributed by atoms with Gasteiger partial charge in [0.25, 0.3) is 0 Å². The number of nitrogens with one attached hydrogen (secondary N) is 1. The van der Waals surface area contributed by atoms with E-state index in [9.17, 15) is 22.4 Å². The van der Waals surface area contributed by atoms with E-state index in [1.165, 1.54) is 12.1 Å². The Morgan fingerprint density at radius 3 is 2.61 bits per heavy atom. The van der Waals surface area contributed by atoms with Crippen LogP contribution in [0.2, 0.25) is 0 Å². The van der Waals surface area contributed by atoms with E-state index < -0.39 is 18.2 Å². The lowest BCUT2D eigenvalue weighted by Gasteiger charge is -2.20. The number of para-hydroxylation sites is 1. The number of benzene rings is 2. The van der Waals surface area contributed by atoms with Crippen molar-refractivity contribution in [2.45, 2.75) is 26.1 Å². The zero-order valence-corrected chi connectivity index (χ0v) is 18.9. The molecule has 0 amide bonds. The Morgan fingerprint density at radius 1 is 1.08 bits per heavy atom. The number of nitrogens with zero attached hydrogens (tertiary/aromatic N) is 5. The highest BCUT2D eigenvalue weighted by atomic mass is 19.4. The van der Waals surface area contributed by atoms with E-state index in [2.05, 4.69) is 25.1 Å². The minimum absolute atomic E-state index is 0.102. The lowest BCUT2D eigenvalue weighted by molar-refractivity contribution is -0.199. The van der Waals surface area contributed by atoms with Gasteiger partial charge in [0.15, 0.2) is 11.3 Å². The van der Waals surface area contributed by atoms with Crippen molar-refractivity contribution in [3.05, 3.63) is 78.3 Å². The van der Waals surface area contributed by atoms with Crippen molar-refractivity contribution in [2.75, 3.05) is 5.32 Å². The second-order valence-corrected chi connectivity index (χ2v) is 8.05. The fourth-order valence-corrected chi connectivity index (χ4v) is 4.23. The highest BCUT2D eigenvalue weighted by Crippen LogP contribution is 2.34. The van der Waals surface area contributed by atoms with Gasteiger partial charge in [-0.1, -0.05) is 24.3 Å². The number of aryl methyl sites for hydroxylation is 1. The number of anilines is 1. The molecule has 0 saturated carbocycles. The summed E-state index contributed by atoms with van der Waals surface area (Å²) in [6.45, 7) is 3.82. The molecular formula is C24H18F4N6O2. The largest absolute Gasteiger partial charge is 0.493 e. The molecule has 0 radical (unpaired) electrons. The van der Waals surface area contributed by atoms with E-state index in [0.717, 1.165) is 34.8 Å². The Hall–Kier alpha value is -4.48. The molecule has 0 saturated heterocycles. The summed E-state index contributed by atoms with van der Waals surface area (Å²) >= 11 is 0. The summed E-state index contributed by atoms with van der Waals surface area (Å²) in [5, 5.41) is 4.19. The van der Waals surface area contributed by atoms with Crippen LogP contribution in [-0.2, 0) is 4.79 Å². The molecule has 5 aromatic rings. The third kappa shape index (κ3) is 4.00. The first kappa shape index (κ1) is 23.3. The second-order valence-electron chi connectivity index (χ2n) is 8.05. The predicted molar refractivity (Wildman–Crippen MR) is 123 cm³/mol. The summed E-state index contributed by atoms with van der Waals surface area (Å²) in [5.74, 6) is -2.57. The van der Waals surface area contributed by atoms with Crippen LogP contribution in [0.4, 0.5) is 23.4 Å². The van der Waals surface area contributed by atoms with Crippen LogP contribution in [0.5, 0.6) is 0 Å². The average Bonchev–Trinajstić information content (AvgIpc) is 3.38. The molecule has 0 aliphatic carbocycles. The topological polar surface area (TPSA) is 86.9 Å². The molecule has 1 N–H and O–H groups in total. The van der Waals surface area contributed by atoms with Crippen molar-refractivity contribution in [1.29, 1.82) is 0 Å². The lowest BCUT2D eigenvalue weighted by Crippen LogP contribution is -2.33. The molecule has 0 aliphatic heterocycles. The maximum atomic E-state index is 14.1. The first-order valence-electron chi connectivity index (χ1n) is 10.7. The molecule has 36 heavy (non-hydrogen) atoms. The second kappa shape index (κ2) is 8.63. The molecule has 3 heterocycles. The Bertz CT molecular complexity index is 1610. The van der Waals surface area contributed by atoms with Crippen LogP contribution in [0.25, 0.3) is 27.8 Å². The zero-order chi connectivity index (χ0) is 25.6. The SMILES string of the molecule is Cc1c(C(C)Nc2ncnc3c2ncn3OC(=O)C(F)(F)F)n(-c2cccc(F)c2)c2ccccc12. The molecule has 0 aliphatic rings. The number of carbonyl (C=O) groups excluding carboxylic acids is 1. The third-order valence-corrected chi connectivity index (χ3v) is 5.72. The van der Waals surface area contributed by atoms with Crippen molar-refractivity contribution >= 4 is 33.9 Å². The summed E-state index contributed by atoms with van der Waals surface area (Å²) in [6, 6.07) is 13.5. The van der Waals surface area contributed by atoms with E-state index >= 15 is 0 Å². The number of aromatic nitrogens is 5. The van der Waals surface area contributed by atoms with Gasteiger partial charge in [0, 0.05) is 16.8 Å². The van der Waals surface area contributed by atoms with Crippen molar-refractivity contribution in [1.82, 2.24) is 24.2 Å². The summed E-state index contributed by atoms with van der Waals surface area (Å²) in [4.78, 5) is 27.7. The first-order valence-corrected chi connectivity index (χ1v) is 10.7. The molecule has 12 heteroatoms. The average molecular weight is 498 g/mol. The Labute approximate surface area is 201 Å². The number of hydrogen-bond donors (Lipinski definition) is 1. The number of fused-ring (bicyclic) bond motifs is 2. The maximum Gasteiger partial charge on any atom is 0.493 e. The van der Waals surface area contributed by atoms with E-state index in [1.807, 2.05) is 42.7 Å². The minimum atomic E-state index is -5.18. The number of halogens is 4. The van der Waals surface area contributed by atoms with Gasteiger partial charge < -0.3 is 14.7 Å². The summed E-state index contributed by atoms with van der Waals surface area (Å²) in [5.41, 5.74) is 3.24. The maximum absolute atomic E-state index is 14.1. The van der Waals surface area contributed by atoms with Gasteiger partial charge in [-0.2, -0.15) is 13.2 Å². The first-order chi connectivity index (χ1) is 17.1. The minimum Gasteiger partial charge on any atom is -0.360 e. The van der Waals surface area contributed by atoms with Gasteiger partial charge in [0.2, 0.25) is 5.65 Å². The molecule has 8 nitrogen and oxygen atoms in total. The highest BCUT2D eigenvalue weighted by Gasteiger charge is 2.42. The van der Waals surface area contributed by atoms with Crippen LogP contribution in [0.3, 0.4) is 0 Å². The van der Waals surface area contributed by atoms with Crippen LogP contribution < -0.4 is 10.2 Å². The molecule has 0 spiro atoms. The number of hydrogen-bond acceptors (Lipinski definition) is 6. The Balaban J connectivity index is 1.56. The fourth-order valence-electron chi connectivity index (χ4n) is 4.23. The molecule has 2 aromatic carbocycles. The molecule has 5 rings (SSSR count). The predicted octanol–water partition coefficient (Wildman–Crippen LogP) is 4.91. The summed E-state index contributed by atoms with van der Waals surface area (Å²) in [6.07, 6.45) is -3.15. The van der Waals surface area contributed by atoms with Crippen LogP contribution >= 0.6 is 0 Å². The standard InChI is InChI=1S/C24H18F4N6O2/c1-13-17-8-3-4-9-18(17)34(16-7-5-6-15(25)10-16)20(13)14(2)32-21-19-22(30-11-29-21)33(12-31-19)36-23(35)24(26,27)28/h3-12,14H,1-2H3,(H,29,30,32). The molecule has 0 fully saturated rings. The molecule has 1 unspecified atom stereocenters. The lowest BCUT2D eigenvalue weighted by atomic mass is 10.1. The number of rotatable bonds is 5. The van der Waals surface area contributed by atoms with Crippen LogP contribution in [0.1, 0.15) is 24.2 Å². The van der Waals surface area contributed by atoms with Crippen molar-refractivity contribution in [3.63, 3.8) is 0 Å². The zero-order valence-electron chi connectivity index (χ0n) is 18.9. The quantitative estimate of drug-likeness (QED) is 0.347. The summed E-state index contributed by atoms with van der Waals surface area (Å²) in [7, 11) is 0. The number of alkyl halides is 3. The van der Waals surface area contributed by atoms with Gasteiger partial charge in [-0.3, -0.25) is 0 Å². The van der Waals surface area contributed by atoms with Crippen LogP contribution in [0.15, 0.2) is 61.2 Å². The fraction of sp³-hybridized carbons (Fsp3) is 0.167. The Kier molecular flexibility index (Phi) is 5.58. The molecule has 3 aromatic heterocycles. The Morgan fingerprint density at radius 2 is 1.86 bits per heavy atom. The number of carbonyl (C=O) groups is 1. The van der Waals surface area contributed by atoms with E-state index in [0.29, 0.717) is 10.4 Å². The van der Waals surface area contributed by atoms with Crippen molar-refractivity contribution < 1.29 is 27.2 Å². The van der Waals surface area contributed by atoms with Gasteiger partial charge >= 0.3 is 12.1 Å². The summed E-state index contributed by atoms with van der Waals surface area (Å²) < 4.78 is 54.5. The van der Waals surface area contributed by atoms with E-state index in [1.54, 1.807) is 12.1 Å². The number of imidazole rings is 1. The molecule has 1 atom stereocenters. The monoisotopic (exact) mass is 498 g/mol. The molecule has 184 valence electrons. The van der Waals surface area contributed by atoms with Crippen LogP contribution in [-0.4, -0.2) is 36.4 Å². The van der Waals surface area contributed by atoms with Gasteiger partial charge in [-0.15, -0.1) is 4.73 Å². The molecular weight excluding hydrogens is 480 g/mol. The van der Waals surface area contributed by atoms with Gasteiger partial charge in [0.05, 0.1) is 11.6 Å². The van der Waals surface area contributed by atoms with Gasteiger partial charge in [-0.05, 0) is 43.7 Å². The van der Waals surface area contributed by atoms with Gasteiger partial charge in [-0.25, -0.2) is 24.1 Å². The van der Waals surface area contributed by atoms with Gasteiger partial charge in [0.1, 0.15) is 18.5 Å². The van der Waals surface area contributed by atoms with E-state index in [-0.39, 0.29) is 22.8 Å². The van der Waals surface area contributed by atoms with Crippen molar-refractivity contribution in [2.24, 2.45) is 0 Å². The smallest absolute Gasteiger partial charge is 0.360 e. The molecule has 0 bridgehead atoms. The normalized spacial score (nSPS) is 12.7. The van der Waals surface area contributed by atoms with Crippen molar-refractivity contribution in [3.8, 4) is 5.69 Å². The third-order valence-electron chi connectivity index (χ3n) is 5.72.